The Morgan fingerprint density at radius 1 is 1.09 bits per heavy atom. The van der Waals surface area contributed by atoms with Crippen LogP contribution >= 0.6 is 0 Å². The number of rotatable bonds is 3. The molecule has 1 saturated heterocycles. The number of hydrogen-bond donors (Lipinski definition) is 0. The van der Waals surface area contributed by atoms with Crippen LogP contribution in [0.1, 0.15) is 48.9 Å². The van der Waals surface area contributed by atoms with Gasteiger partial charge in [0.15, 0.2) is 0 Å². The van der Waals surface area contributed by atoms with Crippen LogP contribution in [0.2, 0.25) is 0 Å². The van der Waals surface area contributed by atoms with Crippen LogP contribution in [-0.4, -0.2) is 27.0 Å². The van der Waals surface area contributed by atoms with E-state index < -0.39 is 0 Å². The van der Waals surface area contributed by atoms with Gasteiger partial charge < -0.3 is 4.74 Å². The van der Waals surface area contributed by atoms with Crippen molar-refractivity contribution in [3.05, 3.63) is 89.6 Å². The molecule has 7 rings (SSSR count). The van der Waals surface area contributed by atoms with Gasteiger partial charge in [0.2, 0.25) is 0 Å². The zero-order valence-electron chi connectivity index (χ0n) is 19.2. The second kappa shape index (κ2) is 7.47. The van der Waals surface area contributed by atoms with Gasteiger partial charge in [-0.1, -0.05) is 6.07 Å². The predicted octanol–water partition coefficient (Wildman–Crippen LogP) is 5.95. The highest BCUT2D eigenvalue weighted by Gasteiger charge is 2.57. The quantitative estimate of drug-likeness (QED) is 0.360. The molecule has 2 aromatic carbocycles. The van der Waals surface area contributed by atoms with Crippen molar-refractivity contribution in [1.82, 2.24) is 14.8 Å². The van der Waals surface area contributed by atoms with Crippen LogP contribution in [0.4, 0.5) is 4.39 Å². The van der Waals surface area contributed by atoms with E-state index in [-0.39, 0.29) is 16.8 Å². The largest absolute Gasteiger partial charge is 0.370 e. The standard InChI is InChI=1S/C29H28FN3O/c30-23-7-9-25(10-8-23)33-27-15-20-4-3-5-22-16-28(19-34-28)11-12-29(22,17-24-6-1-2-13-31-24)26(20)14-21(27)18-32-33/h1-2,6-10,13-15,18,22H,3-5,11-12,16-17,19H2/t22-,28+,29+/m1/s1. The highest BCUT2D eigenvalue weighted by atomic mass is 19.1. The highest BCUT2D eigenvalue weighted by Crippen LogP contribution is 2.57. The molecule has 3 aliphatic rings. The number of fused-ring (bicyclic) bond motifs is 4. The van der Waals surface area contributed by atoms with Crippen LogP contribution in [0.5, 0.6) is 0 Å². The summed E-state index contributed by atoms with van der Waals surface area (Å²) in [5, 5.41) is 5.84. The summed E-state index contributed by atoms with van der Waals surface area (Å²) < 4.78 is 21.4. The lowest BCUT2D eigenvalue weighted by molar-refractivity contribution is 0.0991. The van der Waals surface area contributed by atoms with Crippen LogP contribution in [-0.2, 0) is 23.0 Å². The van der Waals surface area contributed by atoms with Crippen molar-refractivity contribution in [3.63, 3.8) is 0 Å². The maximum atomic E-state index is 13.5. The number of aromatic nitrogens is 3. The van der Waals surface area contributed by atoms with Crippen LogP contribution in [0.25, 0.3) is 16.6 Å². The van der Waals surface area contributed by atoms with E-state index in [0.717, 1.165) is 55.3 Å². The molecule has 34 heavy (non-hydrogen) atoms. The van der Waals surface area contributed by atoms with Gasteiger partial charge in [-0.15, -0.1) is 0 Å². The lowest BCUT2D eigenvalue weighted by atomic mass is 9.57. The van der Waals surface area contributed by atoms with Gasteiger partial charge in [-0.25, -0.2) is 9.07 Å². The monoisotopic (exact) mass is 453 g/mol. The Labute approximate surface area is 198 Å². The van der Waals surface area contributed by atoms with Crippen molar-refractivity contribution in [2.24, 2.45) is 5.92 Å². The average Bonchev–Trinajstić information content (AvgIpc) is 3.52. The topological polar surface area (TPSA) is 43.2 Å². The van der Waals surface area contributed by atoms with Crippen LogP contribution < -0.4 is 0 Å². The number of ether oxygens (including phenoxy) is 1. The van der Waals surface area contributed by atoms with Crippen molar-refractivity contribution in [2.75, 3.05) is 6.61 Å². The SMILES string of the molecule is Fc1ccc(-n2ncc3cc4c(cc32)CCC[C@@H]2C[C@@]3(CC[C@@]42Cc2ccccn2)CO3)cc1. The van der Waals surface area contributed by atoms with Crippen molar-refractivity contribution in [1.29, 1.82) is 0 Å². The Morgan fingerprint density at radius 3 is 2.76 bits per heavy atom. The van der Waals surface area contributed by atoms with E-state index in [2.05, 4.69) is 24.3 Å². The molecular formula is C29H28FN3O. The molecule has 3 heterocycles. The Balaban J connectivity index is 1.38. The van der Waals surface area contributed by atoms with Gasteiger partial charge in [-0.2, -0.15) is 5.10 Å². The molecule has 3 atom stereocenters. The second-order valence-corrected chi connectivity index (χ2v) is 10.5. The van der Waals surface area contributed by atoms with E-state index in [9.17, 15) is 4.39 Å². The van der Waals surface area contributed by atoms with E-state index >= 15 is 0 Å². The third-order valence-corrected chi connectivity index (χ3v) is 8.60. The Hall–Kier alpha value is -3.05. The van der Waals surface area contributed by atoms with Crippen molar-refractivity contribution >= 4 is 10.9 Å². The molecule has 0 radical (unpaired) electrons. The fourth-order valence-corrected chi connectivity index (χ4v) is 6.77. The van der Waals surface area contributed by atoms with Crippen molar-refractivity contribution in [2.45, 2.75) is 56.0 Å². The average molecular weight is 454 g/mol. The molecule has 4 nitrogen and oxygen atoms in total. The first-order valence-corrected chi connectivity index (χ1v) is 12.5. The normalized spacial score (nSPS) is 27.9. The second-order valence-electron chi connectivity index (χ2n) is 10.5. The van der Waals surface area contributed by atoms with Gasteiger partial charge in [0.25, 0.3) is 0 Å². The predicted molar refractivity (Wildman–Crippen MR) is 130 cm³/mol. The Kier molecular flexibility index (Phi) is 4.47. The first kappa shape index (κ1) is 20.3. The number of halogens is 1. The minimum absolute atomic E-state index is 0.0730. The summed E-state index contributed by atoms with van der Waals surface area (Å²) in [5.74, 6) is 0.364. The smallest absolute Gasteiger partial charge is 0.123 e. The van der Waals surface area contributed by atoms with Crippen molar-refractivity contribution < 1.29 is 9.13 Å². The summed E-state index contributed by atoms with van der Waals surface area (Å²) in [5.41, 5.74) is 6.29. The maximum Gasteiger partial charge on any atom is 0.123 e. The molecule has 172 valence electrons. The van der Waals surface area contributed by atoms with Crippen LogP contribution in [0.3, 0.4) is 0 Å². The van der Waals surface area contributed by atoms with E-state index in [1.54, 1.807) is 12.1 Å². The summed E-state index contributed by atoms with van der Waals surface area (Å²) in [7, 11) is 0. The van der Waals surface area contributed by atoms with Crippen molar-refractivity contribution in [3.8, 4) is 5.69 Å². The summed E-state index contributed by atoms with van der Waals surface area (Å²) in [6, 6.07) is 17.6. The zero-order chi connectivity index (χ0) is 22.8. The van der Waals surface area contributed by atoms with Gasteiger partial charge in [0.1, 0.15) is 5.82 Å². The minimum atomic E-state index is -0.230. The fourth-order valence-electron chi connectivity index (χ4n) is 6.77. The van der Waals surface area contributed by atoms with Gasteiger partial charge in [0, 0.05) is 22.7 Å². The van der Waals surface area contributed by atoms with E-state index in [1.165, 1.54) is 41.8 Å². The molecule has 4 aromatic rings. The molecule has 1 spiro atoms. The number of pyridine rings is 1. The number of benzene rings is 2. The Bertz CT molecular complexity index is 1360. The van der Waals surface area contributed by atoms with Gasteiger partial charge in [-0.3, -0.25) is 4.98 Å². The van der Waals surface area contributed by atoms with Gasteiger partial charge in [0.05, 0.1) is 29.6 Å². The summed E-state index contributed by atoms with van der Waals surface area (Å²) in [4.78, 5) is 4.75. The Morgan fingerprint density at radius 2 is 1.97 bits per heavy atom. The number of hydrogen-bond acceptors (Lipinski definition) is 3. The fraction of sp³-hybridized carbons (Fsp3) is 0.379. The first-order valence-electron chi connectivity index (χ1n) is 12.5. The summed E-state index contributed by atoms with van der Waals surface area (Å²) in [6.07, 6.45) is 11.8. The van der Waals surface area contributed by atoms with Crippen LogP contribution in [0.15, 0.2) is 67.0 Å². The van der Waals surface area contributed by atoms with Gasteiger partial charge in [-0.05, 0) is 111 Å². The molecule has 0 bridgehead atoms. The van der Waals surface area contributed by atoms with Crippen LogP contribution in [0, 0.1) is 11.7 Å². The minimum Gasteiger partial charge on any atom is -0.370 e. The molecule has 0 amide bonds. The molecular weight excluding hydrogens is 425 g/mol. The lowest BCUT2D eigenvalue weighted by Crippen LogP contribution is -2.45. The number of aryl methyl sites for hydroxylation is 1. The maximum absolute atomic E-state index is 13.5. The molecule has 2 aromatic heterocycles. The summed E-state index contributed by atoms with van der Waals surface area (Å²) >= 11 is 0. The molecule has 0 N–H and O–H groups in total. The molecule has 2 aliphatic carbocycles. The third-order valence-electron chi connectivity index (χ3n) is 8.60. The first-order chi connectivity index (χ1) is 16.6. The molecule has 2 fully saturated rings. The number of nitrogens with zero attached hydrogens (tertiary/aromatic N) is 3. The highest BCUT2D eigenvalue weighted by molar-refractivity contribution is 5.82. The summed E-state index contributed by atoms with van der Waals surface area (Å²) in [6.45, 7) is 0.930. The molecule has 1 aliphatic heterocycles. The van der Waals surface area contributed by atoms with E-state index in [1.807, 2.05) is 23.1 Å². The van der Waals surface area contributed by atoms with Gasteiger partial charge >= 0.3 is 0 Å². The van der Waals surface area contributed by atoms with E-state index in [0.29, 0.717) is 5.92 Å². The molecule has 5 heteroatoms. The zero-order valence-corrected chi connectivity index (χ0v) is 19.2. The third kappa shape index (κ3) is 3.21. The number of epoxide rings is 1. The molecule has 0 unspecified atom stereocenters. The van der Waals surface area contributed by atoms with E-state index in [4.69, 9.17) is 14.8 Å². The molecule has 1 saturated carbocycles. The lowest BCUT2D eigenvalue weighted by Gasteiger charge is -2.47.